The highest BCUT2D eigenvalue weighted by molar-refractivity contribution is 9.10. The highest BCUT2D eigenvalue weighted by Gasteiger charge is 2.01. The van der Waals surface area contributed by atoms with Crippen molar-refractivity contribution in [1.29, 1.82) is 0 Å². The predicted molar refractivity (Wildman–Crippen MR) is 76.1 cm³/mol. The first-order valence-corrected chi connectivity index (χ1v) is 6.72. The first-order chi connectivity index (χ1) is 8.66. The van der Waals surface area contributed by atoms with Crippen LogP contribution >= 0.6 is 27.5 Å². The summed E-state index contributed by atoms with van der Waals surface area (Å²) in [5, 5.41) is 3.89. The number of rotatable bonds is 4. The van der Waals surface area contributed by atoms with E-state index in [0.717, 1.165) is 10.0 Å². The van der Waals surface area contributed by atoms with E-state index in [2.05, 4.69) is 21.2 Å². The Kier molecular flexibility index (Phi) is 4.75. The zero-order valence-corrected chi connectivity index (χ0v) is 11.9. The van der Waals surface area contributed by atoms with Gasteiger partial charge in [-0.05, 0) is 39.7 Å². The maximum absolute atomic E-state index is 13.4. The molecule has 1 nitrogen and oxygen atoms in total. The van der Waals surface area contributed by atoms with Gasteiger partial charge in [-0.1, -0.05) is 35.9 Å². The van der Waals surface area contributed by atoms with Gasteiger partial charge in [0.1, 0.15) is 5.82 Å². The molecule has 0 saturated carbocycles. The number of hydrogen-bond acceptors (Lipinski definition) is 1. The van der Waals surface area contributed by atoms with Crippen LogP contribution in [0.3, 0.4) is 0 Å². The zero-order valence-electron chi connectivity index (χ0n) is 9.59. The molecule has 0 atom stereocenters. The van der Waals surface area contributed by atoms with Crippen molar-refractivity contribution >= 4 is 27.5 Å². The van der Waals surface area contributed by atoms with Crippen molar-refractivity contribution in [3.05, 3.63) is 68.9 Å². The summed E-state index contributed by atoms with van der Waals surface area (Å²) in [7, 11) is 0. The Morgan fingerprint density at radius 1 is 1.11 bits per heavy atom. The van der Waals surface area contributed by atoms with Crippen LogP contribution in [0.5, 0.6) is 0 Å². The second-order valence-electron chi connectivity index (χ2n) is 3.94. The molecule has 2 aromatic rings. The summed E-state index contributed by atoms with van der Waals surface area (Å²) >= 11 is 9.29. The van der Waals surface area contributed by atoms with E-state index >= 15 is 0 Å². The van der Waals surface area contributed by atoms with Crippen LogP contribution in [0.1, 0.15) is 11.1 Å². The fraction of sp³-hybridized carbons (Fsp3) is 0.143. The van der Waals surface area contributed by atoms with Crippen molar-refractivity contribution in [1.82, 2.24) is 5.32 Å². The number of nitrogens with one attached hydrogen (secondary N) is 1. The van der Waals surface area contributed by atoms with Gasteiger partial charge in [0.2, 0.25) is 0 Å². The molecule has 2 aromatic carbocycles. The molecule has 0 spiro atoms. The molecule has 0 unspecified atom stereocenters. The Bertz CT molecular complexity index is 545. The third-order valence-electron chi connectivity index (χ3n) is 2.59. The Morgan fingerprint density at radius 2 is 1.89 bits per heavy atom. The quantitative estimate of drug-likeness (QED) is 0.869. The predicted octanol–water partition coefficient (Wildman–Crippen LogP) is 4.53. The van der Waals surface area contributed by atoms with Crippen LogP contribution in [0.15, 0.2) is 46.9 Å². The fourth-order valence-corrected chi connectivity index (χ4v) is 2.18. The van der Waals surface area contributed by atoms with Gasteiger partial charge in [0, 0.05) is 23.1 Å². The lowest BCUT2D eigenvalue weighted by atomic mass is 10.2. The first kappa shape index (κ1) is 13.5. The summed E-state index contributed by atoms with van der Waals surface area (Å²) in [4.78, 5) is 0. The van der Waals surface area contributed by atoms with Crippen LogP contribution in [0.2, 0.25) is 5.02 Å². The van der Waals surface area contributed by atoms with Crippen LogP contribution in [-0.2, 0) is 13.1 Å². The summed E-state index contributed by atoms with van der Waals surface area (Å²) < 4.78 is 14.2. The summed E-state index contributed by atoms with van der Waals surface area (Å²) in [6, 6.07) is 12.5. The van der Waals surface area contributed by atoms with Gasteiger partial charge in [0.25, 0.3) is 0 Å². The lowest BCUT2D eigenvalue weighted by molar-refractivity contribution is 0.588. The van der Waals surface area contributed by atoms with E-state index in [-0.39, 0.29) is 5.82 Å². The monoisotopic (exact) mass is 327 g/mol. The van der Waals surface area contributed by atoms with Crippen molar-refractivity contribution in [2.24, 2.45) is 0 Å². The third kappa shape index (κ3) is 3.55. The van der Waals surface area contributed by atoms with E-state index in [1.807, 2.05) is 24.3 Å². The standard InChI is InChI=1S/C14H12BrClFN/c15-12-7-10(5-6-13(12)16)8-18-9-11-3-1-2-4-14(11)17/h1-7,18H,8-9H2. The number of benzene rings is 2. The third-order valence-corrected chi connectivity index (χ3v) is 3.80. The smallest absolute Gasteiger partial charge is 0.127 e. The van der Waals surface area contributed by atoms with Crippen molar-refractivity contribution in [2.45, 2.75) is 13.1 Å². The number of hydrogen-bond donors (Lipinski definition) is 1. The molecular weight excluding hydrogens is 317 g/mol. The fourth-order valence-electron chi connectivity index (χ4n) is 1.63. The van der Waals surface area contributed by atoms with Crippen LogP contribution in [0, 0.1) is 5.82 Å². The molecule has 2 rings (SSSR count). The van der Waals surface area contributed by atoms with Crippen molar-refractivity contribution in [2.75, 3.05) is 0 Å². The minimum atomic E-state index is -0.178. The average molecular weight is 329 g/mol. The van der Waals surface area contributed by atoms with Gasteiger partial charge in [-0.2, -0.15) is 0 Å². The molecule has 0 aliphatic rings. The highest BCUT2D eigenvalue weighted by atomic mass is 79.9. The normalized spacial score (nSPS) is 10.6. The highest BCUT2D eigenvalue weighted by Crippen LogP contribution is 2.23. The van der Waals surface area contributed by atoms with Crippen LogP contribution in [0.4, 0.5) is 4.39 Å². The van der Waals surface area contributed by atoms with Crippen molar-refractivity contribution in [3.63, 3.8) is 0 Å². The van der Waals surface area contributed by atoms with E-state index in [4.69, 9.17) is 11.6 Å². The first-order valence-electron chi connectivity index (χ1n) is 5.55. The largest absolute Gasteiger partial charge is 0.309 e. The summed E-state index contributed by atoms with van der Waals surface area (Å²) in [6.45, 7) is 1.18. The molecule has 18 heavy (non-hydrogen) atoms. The van der Waals surface area contributed by atoms with Crippen molar-refractivity contribution in [3.8, 4) is 0 Å². The Labute approximate surface area is 119 Å². The van der Waals surface area contributed by atoms with Gasteiger partial charge in [-0.3, -0.25) is 0 Å². The van der Waals surface area contributed by atoms with Gasteiger partial charge in [-0.25, -0.2) is 4.39 Å². The lowest BCUT2D eigenvalue weighted by Crippen LogP contribution is -2.13. The lowest BCUT2D eigenvalue weighted by Gasteiger charge is -2.07. The molecule has 4 heteroatoms. The molecule has 0 amide bonds. The molecule has 0 saturated heterocycles. The molecule has 0 aliphatic heterocycles. The van der Waals surface area contributed by atoms with E-state index in [1.54, 1.807) is 12.1 Å². The topological polar surface area (TPSA) is 12.0 Å². The number of halogens is 3. The van der Waals surface area contributed by atoms with E-state index < -0.39 is 0 Å². The molecule has 0 fully saturated rings. The summed E-state index contributed by atoms with van der Waals surface area (Å²) in [5.41, 5.74) is 1.77. The maximum Gasteiger partial charge on any atom is 0.127 e. The molecule has 0 radical (unpaired) electrons. The second-order valence-corrected chi connectivity index (χ2v) is 5.20. The van der Waals surface area contributed by atoms with Gasteiger partial charge >= 0.3 is 0 Å². The zero-order chi connectivity index (χ0) is 13.0. The Morgan fingerprint density at radius 3 is 2.61 bits per heavy atom. The van der Waals surface area contributed by atoms with E-state index in [9.17, 15) is 4.39 Å². The van der Waals surface area contributed by atoms with Crippen LogP contribution < -0.4 is 5.32 Å². The second kappa shape index (κ2) is 6.32. The Hall–Kier alpha value is -0.900. The molecule has 94 valence electrons. The average Bonchev–Trinajstić information content (AvgIpc) is 2.36. The minimum Gasteiger partial charge on any atom is -0.309 e. The van der Waals surface area contributed by atoms with Crippen LogP contribution in [0.25, 0.3) is 0 Å². The van der Waals surface area contributed by atoms with Gasteiger partial charge in [0.05, 0.1) is 5.02 Å². The summed E-state index contributed by atoms with van der Waals surface area (Å²) in [5.74, 6) is -0.178. The molecule has 0 heterocycles. The molecular formula is C14H12BrClFN. The molecule has 0 bridgehead atoms. The van der Waals surface area contributed by atoms with E-state index in [1.165, 1.54) is 6.07 Å². The molecule has 0 aromatic heterocycles. The van der Waals surface area contributed by atoms with Gasteiger partial charge in [0.15, 0.2) is 0 Å². The molecule has 0 aliphatic carbocycles. The maximum atomic E-state index is 13.4. The van der Waals surface area contributed by atoms with Gasteiger partial charge in [-0.15, -0.1) is 0 Å². The van der Waals surface area contributed by atoms with Gasteiger partial charge < -0.3 is 5.32 Å². The summed E-state index contributed by atoms with van der Waals surface area (Å²) in [6.07, 6.45) is 0. The Balaban J connectivity index is 1.92. The minimum absolute atomic E-state index is 0.178. The van der Waals surface area contributed by atoms with Crippen molar-refractivity contribution < 1.29 is 4.39 Å². The van der Waals surface area contributed by atoms with Crippen LogP contribution in [-0.4, -0.2) is 0 Å². The van der Waals surface area contributed by atoms with E-state index in [0.29, 0.717) is 23.7 Å². The molecule has 1 N–H and O–H groups in total. The SMILES string of the molecule is Fc1ccccc1CNCc1ccc(Cl)c(Br)c1.